The van der Waals surface area contributed by atoms with Crippen LogP contribution >= 0.6 is 0 Å². The quantitative estimate of drug-likeness (QED) is 0.712. The summed E-state index contributed by atoms with van der Waals surface area (Å²) in [6.07, 6.45) is 0.341. The Morgan fingerprint density at radius 2 is 1.58 bits per heavy atom. The summed E-state index contributed by atoms with van der Waals surface area (Å²) in [5, 5.41) is 7.92. The summed E-state index contributed by atoms with van der Waals surface area (Å²) in [7, 11) is -3.39. The molecule has 0 bridgehead atoms. The van der Waals surface area contributed by atoms with E-state index in [9.17, 15) is 8.42 Å². The number of nitrogens with zero attached hydrogens (tertiary/aromatic N) is 2. The Bertz CT molecular complexity index is 878. The second-order valence-corrected chi connectivity index (χ2v) is 7.06. The number of hydrogen-bond acceptors (Lipinski definition) is 5. The first-order chi connectivity index (χ1) is 11.6. The fraction of sp³-hybridized carbons (Fsp3) is 0.176. The van der Waals surface area contributed by atoms with Gasteiger partial charge in [0.2, 0.25) is 21.8 Å². The zero-order valence-electron chi connectivity index (χ0n) is 12.9. The smallest absolute Gasteiger partial charge is 0.247 e. The van der Waals surface area contributed by atoms with Gasteiger partial charge >= 0.3 is 0 Å². The van der Waals surface area contributed by atoms with Gasteiger partial charge in [-0.1, -0.05) is 48.5 Å². The van der Waals surface area contributed by atoms with Crippen LogP contribution in [-0.2, 0) is 22.2 Å². The highest BCUT2D eigenvalue weighted by atomic mass is 32.2. The molecule has 0 saturated heterocycles. The van der Waals surface area contributed by atoms with Crippen LogP contribution in [0.1, 0.15) is 11.5 Å². The van der Waals surface area contributed by atoms with E-state index in [0.29, 0.717) is 18.2 Å². The van der Waals surface area contributed by atoms with E-state index in [1.807, 2.05) is 48.5 Å². The number of hydrogen-bond donors (Lipinski definition) is 1. The molecule has 0 spiro atoms. The van der Waals surface area contributed by atoms with E-state index in [-0.39, 0.29) is 12.3 Å². The van der Waals surface area contributed by atoms with Crippen molar-refractivity contribution in [1.82, 2.24) is 14.9 Å². The molecule has 0 aliphatic rings. The number of nitrogens with one attached hydrogen (secondary N) is 1. The number of aromatic nitrogens is 2. The van der Waals surface area contributed by atoms with Crippen LogP contribution in [-0.4, -0.2) is 25.2 Å². The van der Waals surface area contributed by atoms with Crippen LogP contribution in [0, 0.1) is 0 Å². The number of rotatable bonds is 7. The number of benzene rings is 2. The summed E-state index contributed by atoms with van der Waals surface area (Å²) in [5.41, 5.74) is 1.58. The maximum Gasteiger partial charge on any atom is 0.247 e. The lowest BCUT2D eigenvalue weighted by Crippen LogP contribution is -2.27. The number of sulfonamides is 1. The topological polar surface area (TPSA) is 85.1 Å². The van der Waals surface area contributed by atoms with Gasteiger partial charge in [0.15, 0.2) is 0 Å². The predicted molar refractivity (Wildman–Crippen MR) is 90.5 cm³/mol. The lowest BCUT2D eigenvalue weighted by molar-refractivity contribution is 0.502. The molecule has 0 aliphatic heterocycles. The Hall–Kier alpha value is -2.51. The average molecular weight is 343 g/mol. The van der Waals surface area contributed by atoms with Crippen LogP contribution < -0.4 is 4.72 Å². The van der Waals surface area contributed by atoms with Crippen LogP contribution in [0.2, 0.25) is 0 Å². The van der Waals surface area contributed by atoms with E-state index in [2.05, 4.69) is 14.9 Å². The molecule has 3 aromatic rings. The summed E-state index contributed by atoms with van der Waals surface area (Å²) < 4.78 is 32.2. The minimum atomic E-state index is -3.39. The van der Waals surface area contributed by atoms with Gasteiger partial charge in [0, 0.05) is 18.5 Å². The zero-order chi connectivity index (χ0) is 16.8. The lowest BCUT2D eigenvalue weighted by Gasteiger charge is -2.05. The molecule has 24 heavy (non-hydrogen) atoms. The molecule has 0 unspecified atom stereocenters. The molecule has 0 saturated carbocycles. The van der Waals surface area contributed by atoms with E-state index in [1.165, 1.54) is 0 Å². The van der Waals surface area contributed by atoms with Crippen molar-refractivity contribution >= 4 is 10.0 Å². The third-order valence-electron chi connectivity index (χ3n) is 3.35. The second kappa shape index (κ2) is 7.37. The van der Waals surface area contributed by atoms with Gasteiger partial charge in [-0.3, -0.25) is 0 Å². The molecule has 3 rings (SSSR count). The predicted octanol–water partition coefficient (Wildman–Crippen LogP) is 2.40. The first-order valence-electron chi connectivity index (χ1n) is 7.51. The highest BCUT2D eigenvalue weighted by Crippen LogP contribution is 2.16. The van der Waals surface area contributed by atoms with E-state index >= 15 is 0 Å². The molecule has 6 nitrogen and oxygen atoms in total. The van der Waals surface area contributed by atoms with Gasteiger partial charge in [-0.05, 0) is 17.7 Å². The Morgan fingerprint density at radius 3 is 2.29 bits per heavy atom. The van der Waals surface area contributed by atoms with Gasteiger partial charge in [0.05, 0.1) is 5.75 Å². The summed E-state index contributed by atoms with van der Waals surface area (Å²) >= 11 is 0. The average Bonchev–Trinajstić information content (AvgIpc) is 3.05. The van der Waals surface area contributed by atoms with Crippen molar-refractivity contribution in [1.29, 1.82) is 0 Å². The largest absolute Gasteiger partial charge is 0.421 e. The van der Waals surface area contributed by atoms with E-state index in [0.717, 1.165) is 11.1 Å². The fourth-order valence-electron chi connectivity index (χ4n) is 2.21. The van der Waals surface area contributed by atoms with Crippen molar-refractivity contribution in [3.63, 3.8) is 0 Å². The Kier molecular flexibility index (Phi) is 5.02. The highest BCUT2D eigenvalue weighted by Gasteiger charge is 2.13. The van der Waals surface area contributed by atoms with E-state index in [1.54, 1.807) is 12.1 Å². The maximum atomic E-state index is 12.0. The van der Waals surface area contributed by atoms with Crippen molar-refractivity contribution in [3.05, 3.63) is 72.1 Å². The SMILES string of the molecule is O=S(=O)(Cc1ccccc1)NCCc1nnc(-c2ccccc2)o1. The first-order valence-corrected chi connectivity index (χ1v) is 9.17. The van der Waals surface area contributed by atoms with Crippen molar-refractivity contribution in [2.24, 2.45) is 0 Å². The molecular weight excluding hydrogens is 326 g/mol. The van der Waals surface area contributed by atoms with E-state index in [4.69, 9.17) is 4.42 Å². The minimum absolute atomic E-state index is 0.0487. The van der Waals surface area contributed by atoms with Crippen LogP contribution in [0.5, 0.6) is 0 Å². The third-order valence-corrected chi connectivity index (χ3v) is 4.71. The summed E-state index contributed by atoms with van der Waals surface area (Å²) in [5.74, 6) is 0.779. The third kappa shape index (κ3) is 4.50. The van der Waals surface area contributed by atoms with Gasteiger partial charge < -0.3 is 4.42 Å². The van der Waals surface area contributed by atoms with Crippen LogP contribution in [0.15, 0.2) is 65.1 Å². The Balaban J connectivity index is 1.54. The minimum Gasteiger partial charge on any atom is -0.421 e. The zero-order valence-corrected chi connectivity index (χ0v) is 13.7. The molecule has 0 aliphatic carbocycles. The molecule has 7 heteroatoms. The Labute approximate surface area is 140 Å². The lowest BCUT2D eigenvalue weighted by atomic mass is 10.2. The van der Waals surface area contributed by atoms with Crippen molar-refractivity contribution < 1.29 is 12.8 Å². The molecule has 2 aromatic carbocycles. The fourth-order valence-corrected chi connectivity index (χ4v) is 3.36. The van der Waals surface area contributed by atoms with Crippen molar-refractivity contribution in [2.45, 2.75) is 12.2 Å². The van der Waals surface area contributed by atoms with Gasteiger partial charge in [0.1, 0.15) is 0 Å². The van der Waals surface area contributed by atoms with Gasteiger partial charge in [-0.15, -0.1) is 10.2 Å². The molecule has 0 fully saturated rings. The Morgan fingerprint density at radius 1 is 0.917 bits per heavy atom. The molecule has 1 aromatic heterocycles. The molecular formula is C17H17N3O3S. The van der Waals surface area contributed by atoms with E-state index < -0.39 is 10.0 Å². The first kappa shape index (κ1) is 16.4. The summed E-state index contributed by atoms with van der Waals surface area (Å²) in [4.78, 5) is 0. The summed E-state index contributed by atoms with van der Waals surface area (Å²) in [6.45, 7) is 0.214. The van der Waals surface area contributed by atoms with Gasteiger partial charge in [-0.25, -0.2) is 13.1 Å². The van der Waals surface area contributed by atoms with Crippen LogP contribution in [0.3, 0.4) is 0 Å². The van der Waals surface area contributed by atoms with Gasteiger partial charge in [0.25, 0.3) is 0 Å². The second-order valence-electron chi connectivity index (χ2n) is 5.26. The standard InChI is InChI=1S/C17H17N3O3S/c21-24(22,13-14-7-3-1-4-8-14)18-12-11-16-19-20-17(23-16)15-9-5-2-6-10-15/h1-10,18H,11-13H2. The normalized spacial score (nSPS) is 11.5. The van der Waals surface area contributed by atoms with Crippen molar-refractivity contribution in [3.8, 4) is 11.5 Å². The molecule has 0 radical (unpaired) electrons. The highest BCUT2D eigenvalue weighted by molar-refractivity contribution is 7.88. The van der Waals surface area contributed by atoms with Crippen LogP contribution in [0.25, 0.3) is 11.5 Å². The monoisotopic (exact) mass is 343 g/mol. The molecule has 1 N–H and O–H groups in total. The molecule has 124 valence electrons. The van der Waals surface area contributed by atoms with Crippen molar-refractivity contribution in [2.75, 3.05) is 6.54 Å². The summed E-state index contributed by atoms with van der Waals surface area (Å²) in [6, 6.07) is 18.5. The molecule has 0 atom stereocenters. The van der Waals surface area contributed by atoms with Crippen LogP contribution in [0.4, 0.5) is 0 Å². The molecule has 0 amide bonds. The molecule has 1 heterocycles. The van der Waals surface area contributed by atoms with Gasteiger partial charge in [-0.2, -0.15) is 0 Å². The maximum absolute atomic E-state index is 12.0.